The van der Waals surface area contributed by atoms with Gasteiger partial charge in [-0.05, 0) is 37.5 Å². The first-order valence-corrected chi connectivity index (χ1v) is 39.1. The van der Waals surface area contributed by atoms with Crippen LogP contribution in [0.1, 0.15) is 350 Å². The van der Waals surface area contributed by atoms with Crippen LogP contribution >= 0.6 is 15.6 Å². The van der Waals surface area contributed by atoms with Crippen molar-refractivity contribution < 1.29 is 80.2 Å². The maximum absolute atomic E-state index is 13.0. The zero-order chi connectivity index (χ0) is 65.0. The molecule has 88 heavy (non-hydrogen) atoms. The SMILES string of the molecule is CCCCCCCCCCCCCCCCCC(=O)O[C@H](COC(=O)CCCCCCCCCCC(C)CC)COP(=O)(O)OC[C@@H](O)COP(=O)(O)OC[C@@H](COC(=O)CCCCCCCCC(C)CC)OC(=O)CCCCCCCCCCCCC. The maximum atomic E-state index is 13.0. The summed E-state index contributed by atoms with van der Waals surface area (Å²) in [4.78, 5) is 72.5. The summed E-state index contributed by atoms with van der Waals surface area (Å²) in [5.74, 6) is -0.617. The minimum atomic E-state index is -4.95. The fraction of sp³-hybridized carbons (Fsp3) is 0.942. The Bertz CT molecular complexity index is 1720. The summed E-state index contributed by atoms with van der Waals surface area (Å²) in [6, 6.07) is 0. The monoisotopic (exact) mass is 1300 g/mol. The molecule has 17 nitrogen and oxygen atoms in total. The number of phosphoric ester groups is 2. The Morgan fingerprint density at radius 1 is 0.318 bits per heavy atom. The van der Waals surface area contributed by atoms with Gasteiger partial charge in [0.2, 0.25) is 0 Å². The minimum absolute atomic E-state index is 0.106. The van der Waals surface area contributed by atoms with Crippen LogP contribution in [-0.2, 0) is 65.4 Å². The van der Waals surface area contributed by atoms with Crippen LogP contribution in [0.15, 0.2) is 0 Å². The third-order valence-electron chi connectivity index (χ3n) is 16.7. The molecule has 4 unspecified atom stereocenters. The highest BCUT2D eigenvalue weighted by Crippen LogP contribution is 2.45. The number of phosphoric acid groups is 2. The number of rotatable bonds is 68. The van der Waals surface area contributed by atoms with Gasteiger partial charge in [-0.3, -0.25) is 37.3 Å². The van der Waals surface area contributed by atoms with Crippen LogP contribution in [-0.4, -0.2) is 96.7 Å². The van der Waals surface area contributed by atoms with Crippen LogP contribution in [0.3, 0.4) is 0 Å². The average Bonchev–Trinajstić information content (AvgIpc) is 3.63. The zero-order valence-electron chi connectivity index (χ0n) is 57.0. The lowest BCUT2D eigenvalue weighted by Crippen LogP contribution is -2.30. The smallest absolute Gasteiger partial charge is 0.462 e. The van der Waals surface area contributed by atoms with Crippen LogP contribution in [0.5, 0.6) is 0 Å². The molecule has 0 aliphatic heterocycles. The van der Waals surface area contributed by atoms with Gasteiger partial charge in [-0.15, -0.1) is 0 Å². The van der Waals surface area contributed by atoms with E-state index in [-0.39, 0.29) is 25.7 Å². The second kappa shape index (κ2) is 61.3. The van der Waals surface area contributed by atoms with Gasteiger partial charge in [0.25, 0.3) is 0 Å². The van der Waals surface area contributed by atoms with E-state index in [1.54, 1.807) is 0 Å². The van der Waals surface area contributed by atoms with E-state index in [1.165, 1.54) is 161 Å². The third-order valence-corrected chi connectivity index (χ3v) is 18.6. The van der Waals surface area contributed by atoms with Crippen molar-refractivity contribution >= 4 is 39.5 Å². The summed E-state index contributed by atoms with van der Waals surface area (Å²) >= 11 is 0. The molecule has 0 amide bonds. The molecule has 0 aromatic rings. The van der Waals surface area contributed by atoms with Gasteiger partial charge in [-0.1, -0.05) is 298 Å². The number of unbranched alkanes of at least 4 members (excludes halogenated alkanes) is 36. The van der Waals surface area contributed by atoms with E-state index in [0.29, 0.717) is 25.7 Å². The molecule has 0 saturated heterocycles. The Kier molecular flexibility index (Phi) is 59.9. The Balaban J connectivity index is 5.26. The molecule has 0 aliphatic rings. The van der Waals surface area contributed by atoms with E-state index >= 15 is 0 Å². The van der Waals surface area contributed by atoms with Crippen molar-refractivity contribution in [2.45, 2.75) is 368 Å². The Morgan fingerprint density at radius 3 is 0.807 bits per heavy atom. The molecule has 0 aromatic carbocycles. The van der Waals surface area contributed by atoms with E-state index in [9.17, 15) is 43.2 Å². The van der Waals surface area contributed by atoms with E-state index in [2.05, 4.69) is 41.5 Å². The Morgan fingerprint density at radius 2 is 0.545 bits per heavy atom. The van der Waals surface area contributed by atoms with Gasteiger partial charge in [0.1, 0.15) is 19.3 Å². The van der Waals surface area contributed by atoms with Crippen molar-refractivity contribution in [2.75, 3.05) is 39.6 Å². The second-order valence-corrected chi connectivity index (χ2v) is 28.3. The topological polar surface area (TPSA) is 237 Å². The van der Waals surface area contributed by atoms with Gasteiger partial charge in [-0.25, -0.2) is 9.13 Å². The molecule has 0 bridgehead atoms. The molecule has 0 aliphatic carbocycles. The van der Waals surface area contributed by atoms with Crippen LogP contribution < -0.4 is 0 Å². The van der Waals surface area contributed by atoms with Crippen molar-refractivity contribution in [1.29, 1.82) is 0 Å². The summed E-state index contributed by atoms with van der Waals surface area (Å²) in [5, 5.41) is 10.6. The lowest BCUT2D eigenvalue weighted by molar-refractivity contribution is -0.161. The lowest BCUT2D eigenvalue weighted by Gasteiger charge is -2.21. The normalized spacial score (nSPS) is 14.8. The molecule has 522 valence electrons. The predicted octanol–water partition coefficient (Wildman–Crippen LogP) is 19.6. The van der Waals surface area contributed by atoms with E-state index in [1.807, 2.05) is 0 Å². The number of carbonyl (C=O) groups is 4. The molecule has 0 radical (unpaired) electrons. The standard InChI is InChI=1S/C69H134O17P2/c1-7-11-13-15-17-19-21-22-23-24-26-28-34-42-48-54-69(74)85-64(57-79-66(71)51-45-39-32-30-29-31-37-43-49-61(5)9-3)59-83-87(75,76)81-55-63(70)56-82-88(77,78)84-60-65(58-80-67(72)52-46-40-36-35-38-44-50-62(6)10-4)86-68(73)53-47-41-33-27-25-20-18-16-14-12-8-2/h61-65,70H,7-60H2,1-6H3,(H,75,76)(H,77,78)/t61?,62?,63-,64-,65-/m1/s1. The number of esters is 4. The third kappa shape index (κ3) is 60.3. The number of ether oxygens (including phenoxy) is 4. The van der Waals surface area contributed by atoms with Gasteiger partial charge < -0.3 is 33.8 Å². The van der Waals surface area contributed by atoms with Gasteiger partial charge in [0.15, 0.2) is 12.2 Å². The van der Waals surface area contributed by atoms with Gasteiger partial charge >= 0.3 is 39.5 Å². The summed E-state index contributed by atoms with van der Waals surface area (Å²) in [6.07, 6.45) is 45.7. The predicted molar refractivity (Wildman–Crippen MR) is 354 cm³/mol. The summed E-state index contributed by atoms with van der Waals surface area (Å²) in [7, 11) is -9.90. The number of carbonyl (C=O) groups excluding carboxylic acids is 4. The quantitative estimate of drug-likeness (QED) is 0.0222. The first-order chi connectivity index (χ1) is 42.4. The molecule has 0 spiro atoms. The van der Waals surface area contributed by atoms with Crippen molar-refractivity contribution in [3.8, 4) is 0 Å². The van der Waals surface area contributed by atoms with Crippen LogP contribution in [0.2, 0.25) is 0 Å². The summed E-state index contributed by atoms with van der Waals surface area (Å²) in [6.45, 7) is 9.50. The first-order valence-electron chi connectivity index (χ1n) is 36.1. The Labute approximate surface area is 537 Å². The summed E-state index contributed by atoms with van der Waals surface area (Å²) in [5.41, 5.74) is 0. The summed E-state index contributed by atoms with van der Waals surface area (Å²) < 4.78 is 68.2. The van der Waals surface area contributed by atoms with Crippen molar-refractivity contribution in [3.05, 3.63) is 0 Å². The average molecular weight is 1300 g/mol. The minimum Gasteiger partial charge on any atom is -0.462 e. The van der Waals surface area contributed by atoms with Gasteiger partial charge in [-0.2, -0.15) is 0 Å². The van der Waals surface area contributed by atoms with Gasteiger partial charge in [0, 0.05) is 25.7 Å². The molecular weight excluding hydrogens is 1160 g/mol. The van der Waals surface area contributed by atoms with Crippen LogP contribution in [0, 0.1) is 11.8 Å². The molecular formula is C69H134O17P2. The highest BCUT2D eigenvalue weighted by atomic mass is 31.2. The molecule has 0 aromatic heterocycles. The highest BCUT2D eigenvalue weighted by Gasteiger charge is 2.30. The first kappa shape index (κ1) is 86.1. The fourth-order valence-corrected chi connectivity index (χ4v) is 11.9. The van der Waals surface area contributed by atoms with Crippen molar-refractivity contribution in [1.82, 2.24) is 0 Å². The molecule has 3 N–H and O–H groups in total. The van der Waals surface area contributed by atoms with Crippen molar-refractivity contribution in [2.24, 2.45) is 11.8 Å². The molecule has 0 saturated carbocycles. The highest BCUT2D eigenvalue weighted by molar-refractivity contribution is 7.47. The largest absolute Gasteiger partial charge is 0.472 e. The van der Waals surface area contributed by atoms with Crippen molar-refractivity contribution in [3.63, 3.8) is 0 Å². The van der Waals surface area contributed by atoms with E-state index in [0.717, 1.165) is 108 Å². The van der Waals surface area contributed by atoms with Crippen LogP contribution in [0.4, 0.5) is 0 Å². The number of aliphatic hydroxyl groups is 1. The zero-order valence-corrected chi connectivity index (χ0v) is 58.8. The van der Waals surface area contributed by atoms with Crippen LogP contribution in [0.25, 0.3) is 0 Å². The second-order valence-electron chi connectivity index (χ2n) is 25.4. The number of hydrogen-bond acceptors (Lipinski definition) is 15. The van der Waals surface area contributed by atoms with Gasteiger partial charge in [0.05, 0.1) is 26.4 Å². The van der Waals surface area contributed by atoms with E-state index < -0.39 is 97.5 Å². The number of hydrogen-bond donors (Lipinski definition) is 3. The molecule has 0 fully saturated rings. The fourth-order valence-electron chi connectivity index (χ4n) is 10.4. The molecule has 7 atom stereocenters. The Hall–Kier alpha value is -1.94. The molecule has 0 rings (SSSR count). The molecule has 0 heterocycles. The maximum Gasteiger partial charge on any atom is 0.472 e. The van der Waals surface area contributed by atoms with E-state index in [4.69, 9.17) is 37.0 Å². The lowest BCUT2D eigenvalue weighted by atomic mass is 9.99. The molecule has 19 heteroatoms. The number of aliphatic hydroxyl groups excluding tert-OH is 1.